The topological polar surface area (TPSA) is 122 Å². The second-order valence-electron chi connectivity index (χ2n) is 9.67. The number of ether oxygens (including phenoxy) is 1. The lowest BCUT2D eigenvalue weighted by molar-refractivity contribution is -0.139. The number of carbonyl (C=O) groups is 3. The van der Waals surface area contributed by atoms with Crippen molar-refractivity contribution in [2.45, 2.75) is 65.6 Å². The Kier molecular flexibility index (Phi) is 9.51. The number of hydrogen-bond donors (Lipinski definition) is 3. The molecule has 4 N–H and O–H groups in total. The van der Waals surface area contributed by atoms with Gasteiger partial charge >= 0.3 is 6.09 Å². The third-order valence-corrected chi connectivity index (χ3v) is 5.50. The van der Waals surface area contributed by atoms with Crippen molar-refractivity contribution >= 4 is 17.9 Å². The Morgan fingerprint density at radius 2 is 1.69 bits per heavy atom. The summed E-state index contributed by atoms with van der Waals surface area (Å²) in [7, 11) is 0. The van der Waals surface area contributed by atoms with Gasteiger partial charge in [0.25, 0.3) is 0 Å². The number of nitrogens with zero attached hydrogens (tertiary/aromatic N) is 1. The van der Waals surface area contributed by atoms with Gasteiger partial charge in [-0.3, -0.25) is 9.59 Å². The summed E-state index contributed by atoms with van der Waals surface area (Å²) in [6.07, 6.45) is -0.651. The maximum atomic E-state index is 13.8. The molecule has 0 aliphatic rings. The van der Waals surface area contributed by atoms with Crippen LogP contribution in [0, 0.1) is 25.7 Å². The highest BCUT2D eigenvalue weighted by atomic mass is 16.6. The number of phenols is 1. The lowest BCUT2D eigenvalue weighted by Gasteiger charge is -2.31. The molecule has 0 radical (unpaired) electrons. The van der Waals surface area contributed by atoms with Gasteiger partial charge in [-0.1, -0.05) is 30.0 Å². The van der Waals surface area contributed by atoms with Crippen LogP contribution in [0.2, 0.25) is 0 Å². The molecule has 0 aliphatic carbocycles. The van der Waals surface area contributed by atoms with E-state index < -0.39 is 35.6 Å². The minimum Gasteiger partial charge on any atom is -0.508 e. The second-order valence-corrected chi connectivity index (χ2v) is 9.67. The number of hydrogen-bond acceptors (Lipinski definition) is 5. The zero-order valence-electron chi connectivity index (χ0n) is 21.7. The highest BCUT2D eigenvalue weighted by molar-refractivity contribution is 5.91. The van der Waals surface area contributed by atoms with E-state index in [1.807, 2.05) is 44.2 Å². The third kappa shape index (κ3) is 8.35. The van der Waals surface area contributed by atoms with E-state index in [-0.39, 0.29) is 18.7 Å². The summed E-state index contributed by atoms with van der Waals surface area (Å²) in [5, 5.41) is 12.6. The van der Waals surface area contributed by atoms with Gasteiger partial charge in [-0.15, -0.1) is 0 Å². The smallest absolute Gasteiger partial charge is 0.408 e. The first kappa shape index (κ1) is 28.2. The Labute approximate surface area is 212 Å². The van der Waals surface area contributed by atoms with Gasteiger partial charge in [-0.2, -0.15) is 0 Å². The van der Waals surface area contributed by atoms with Crippen LogP contribution < -0.4 is 11.1 Å². The molecule has 8 nitrogen and oxygen atoms in total. The summed E-state index contributed by atoms with van der Waals surface area (Å²) in [6, 6.07) is 10.4. The highest BCUT2D eigenvalue weighted by Gasteiger charge is 2.32. The van der Waals surface area contributed by atoms with E-state index in [0.29, 0.717) is 0 Å². The maximum Gasteiger partial charge on any atom is 0.408 e. The number of aromatic hydroxyl groups is 1. The van der Waals surface area contributed by atoms with Crippen molar-refractivity contribution in [2.24, 2.45) is 5.73 Å². The fourth-order valence-electron chi connectivity index (χ4n) is 3.65. The lowest BCUT2D eigenvalue weighted by Crippen LogP contribution is -2.55. The molecular formula is C28H35N3O5. The number of phenolic OH excluding ortho intramolecular Hbond substituents is 1. The Bertz CT molecular complexity index is 1140. The quantitative estimate of drug-likeness (QED) is 0.512. The summed E-state index contributed by atoms with van der Waals surface area (Å²) in [4.78, 5) is 39.7. The average Bonchev–Trinajstić information content (AvgIpc) is 2.76. The predicted molar refractivity (Wildman–Crippen MR) is 138 cm³/mol. The highest BCUT2D eigenvalue weighted by Crippen LogP contribution is 2.23. The first-order chi connectivity index (χ1) is 16.8. The first-order valence-corrected chi connectivity index (χ1v) is 11.7. The number of rotatable bonds is 7. The molecule has 192 valence electrons. The van der Waals surface area contributed by atoms with Crippen molar-refractivity contribution < 1.29 is 24.2 Å². The van der Waals surface area contributed by atoms with Gasteiger partial charge in [0.05, 0.1) is 6.54 Å². The monoisotopic (exact) mass is 493 g/mol. The van der Waals surface area contributed by atoms with Crippen LogP contribution in [0.1, 0.15) is 49.9 Å². The summed E-state index contributed by atoms with van der Waals surface area (Å²) >= 11 is 0. The van der Waals surface area contributed by atoms with Crippen molar-refractivity contribution in [2.75, 3.05) is 6.54 Å². The number of nitrogens with two attached hydrogens (primary N) is 1. The Balaban J connectivity index is 2.42. The van der Waals surface area contributed by atoms with E-state index in [9.17, 15) is 19.5 Å². The number of nitrogens with one attached hydrogen (secondary N) is 1. The van der Waals surface area contributed by atoms with E-state index in [2.05, 4.69) is 17.2 Å². The fourth-order valence-corrected chi connectivity index (χ4v) is 3.65. The van der Waals surface area contributed by atoms with Crippen molar-refractivity contribution in [3.05, 3.63) is 64.7 Å². The number of amides is 3. The lowest BCUT2D eigenvalue weighted by atomic mass is 9.95. The van der Waals surface area contributed by atoms with Crippen LogP contribution >= 0.6 is 0 Å². The molecule has 3 amide bonds. The maximum absolute atomic E-state index is 13.8. The van der Waals surface area contributed by atoms with E-state index in [1.165, 1.54) is 11.8 Å². The van der Waals surface area contributed by atoms with Crippen molar-refractivity contribution in [3.63, 3.8) is 0 Å². The van der Waals surface area contributed by atoms with Gasteiger partial charge < -0.3 is 25.8 Å². The van der Waals surface area contributed by atoms with Crippen LogP contribution in [-0.4, -0.2) is 52.1 Å². The number of aryl methyl sites for hydroxylation is 2. The van der Waals surface area contributed by atoms with E-state index >= 15 is 0 Å². The molecule has 36 heavy (non-hydrogen) atoms. The van der Waals surface area contributed by atoms with E-state index in [0.717, 1.165) is 22.3 Å². The molecule has 1 unspecified atom stereocenters. The number of carbonyl (C=O) groups excluding carboxylic acids is 3. The number of alkyl carbamates (subject to hydrolysis) is 1. The molecule has 2 rings (SSSR count). The molecule has 2 atom stereocenters. The number of primary amides is 1. The minimum absolute atomic E-state index is 0.0716. The molecule has 8 heteroatoms. The predicted octanol–water partition coefficient (Wildman–Crippen LogP) is 3.20. The Morgan fingerprint density at radius 3 is 2.22 bits per heavy atom. The normalized spacial score (nSPS) is 12.5. The van der Waals surface area contributed by atoms with Crippen molar-refractivity contribution in [1.29, 1.82) is 0 Å². The molecule has 0 aromatic heterocycles. The van der Waals surface area contributed by atoms with Crippen LogP contribution in [0.3, 0.4) is 0 Å². The summed E-state index contributed by atoms with van der Waals surface area (Å²) in [5.74, 6) is 4.79. The van der Waals surface area contributed by atoms with Crippen LogP contribution in [0.15, 0.2) is 42.5 Å². The Hall–Kier alpha value is -3.99. The summed E-state index contributed by atoms with van der Waals surface area (Å²) in [6.45, 7) is 10.2. The van der Waals surface area contributed by atoms with Gasteiger partial charge in [-0.25, -0.2) is 4.79 Å². The summed E-state index contributed by atoms with van der Waals surface area (Å²) in [5.41, 5.74) is 7.82. The second kappa shape index (κ2) is 12.1. The van der Waals surface area contributed by atoms with E-state index in [4.69, 9.17) is 10.5 Å². The molecule has 0 saturated carbocycles. The zero-order chi connectivity index (χ0) is 27.0. The average molecular weight is 494 g/mol. The van der Waals surface area contributed by atoms with Crippen LogP contribution in [0.25, 0.3) is 0 Å². The van der Waals surface area contributed by atoms with Gasteiger partial charge in [0.2, 0.25) is 11.8 Å². The van der Waals surface area contributed by atoms with Gasteiger partial charge in [0.1, 0.15) is 23.4 Å². The standard InChI is InChI=1S/C28H35N3O5/c1-18-15-22(32)16-19(2)23(18)17-24(30-27(35)36-28(4,5)6)26(34)31(20(3)25(29)33)14-10-13-21-11-8-7-9-12-21/h7-9,11-12,15-16,20,24,32H,14,17H2,1-6H3,(H2,29,33)(H,30,35)/t20-,24?/m1/s1. The SMILES string of the molecule is Cc1cc(O)cc(C)c1CC(NC(=O)OC(C)(C)C)C(=O)N(CC#Cc1ccccc1)[C@H](C)C(N)=O. The molecule has 0 aliphatic heterocycles. The van der Waals surface area contributed by atoms with Crippen LogP contribution in [0.5, 0.6) is 5.75 Å². The molecule has 0 heterocycles. The van der Waals surface area contributed by atoms with Crippen molar-refractivity contribution in [3.8, 4) is 17.6 Å². The molecule has 2 aromatic carbocycles. The Morgan fingerprint density at radius 1 is 1.11 bits per heavy atom. The van der Waals surface area contributed by atoms with Gasteiger partial charge in [0, 0.05) is 12.0 Å². The van der Waals surface area contributed by atoms with Crippen LogP contribution in [-0.2, 0) is 20.7 Å². The molecule has 0 fully saturated rings. The van der Waals surface area contributed by atoms with Gasteiger partial charge in [0.15, 0.2) is 0 Å². The van der Waals surface area contributed by atoms with E-state index in [1.54, 1.807) is 32.9 Å². The minimum atomic E-state index is -1.07. The molecule has 0 spiro atoms. The van der Waals surface area contributed by atoms with Crippen molar-refractivity contribution in [1.82, 2.24) is 10.2 Å². The molecule has 2 aromatic rings. The molecule has 0 saturated heterocycles. The summed E-state index contributed by atoms with van der Waals surface area (Å²) < 4.78 is 5.38. The zero-order valence-corrected chi connectivity index (χ0v) is 21.7. The van der Waals surface area contributed by atoms with Gasteiger partial charge in [-0.05, 0) is 82.5 Å². The largest absolute Gasteiger partial charge is 0.508 e. The fraction of sp³-hybridized carbons (Fsp3) is 0.393. The third-order valence-electron chi connectivity index (χ3n) is 5.50. The molecular weight excluding hydrogens is 458 g/mol. The number of benzene rings is 2. The van der Waals surface area contributed by atoms with Crippen LogP contribution in [0.4, 0.5) is 4.79 Å². The first-order valence-electron chi connectivity index (χ1n) is 11.7. The molecule has 0 bridgehead atoms.